The van der Waals surface area contributed by atoms with Crippen molar-refractivity contribution in [1.29, 1.82) is 0 Å². The number of alkyl halides is 1. The molecule has 1 atom stereocenters. The van der Waals surface area contributed by atoms with Crippen LogP contribution in [0.2, 0.25) is 5.02 Å². The molecule has 1 aliphatic rings. The van der Waals surface area contributed by atoms with E-state index < -0.39 is 5.79 Å². The minimum Gasteiger partial charge on any atom is -0.299 e. The summed E-state index contributed by atoms with van der Waals surface area (Å²) in [4.78, 5) is 2.26. The average molecular weight is 271 g/mol. The second kappa shape index (κ2) is 5.16. The third-order valence-electron chi connectivity index (χ3n) is 3.72. The predicted octanol–water partition coefficient (Wildman–Crippen LogP) is 3.43. The molecule has 1 aliphatic heterocycles. The average Bonchev–Trinajstić information content (AvgIpc) is 2.27. The summed E-state index contributed by atoms with van der Waals surface area (Å²) in [7, 11) is 0. The number of aryl methyl sites for hydroxylation is 1. The molecule has 2 N–H and O–H groups in total. The monoisotopic (exact) mass is 270 g/mol. The molecule has 0 amide bonds. The van der Waals surface area contributed by atoms with Crippen LogP contribution in [0.15, 0.2) is 18.2 Å². The van der Waals surface area contributed by atoms with Gasteiger partial charge in [0.1, 0.15) is 0 Å². The number of nitrogens with zero attached hydrogens (tertiary/aromatic N) is 1. The fraction of sp³-hybridized carbons (Fsp3) is 0.571. The van der Waals surface area contributed by atoms with E-state index >= 15 is 0 Å². The highest BCUT2D eigenvalue weighted by molar-refractivity contribution is 6.30. The van der Waals surface area contributed by atoms with Crippen LogP contribution in [0, 0.1) is 6.92 Å². The van der Waals surface area contributed by atoms with E-state index in [1.54, 1.807) is 0 Å². The lowest BCUT2D eigenvalue weighted by Gasteiger charge is -2.37. The highest BCUT2D eigenvalue weighted by Gasteiger charge is 2.32. The van der Waals surface area contributed by atoms with Crippen LogP contribution in [-0.2, 0) is 0 Å². The first-order valence-corrected chi connectivity index (χ1v) is 6.74. The van der Waals surface area contributed by atoms with Gasteiger partial charge in [0.05, 0.1) is 0 Å². The van der Waals surface area contributed by atoms with Gasteiger partial charge in [0, 0.05) is 37.0 Å². The molecule has 1 heterocycles. The van der Waals surface area contributed by atoms with Gasteiger partial charge in [-0.15, -0.1) is 0 Å². The Balaban J connectivity index is 2.09. The van der Waals surface area contributed by atoms with Gasteiger partial charge in [-0.25, -0.2) is 4.39 Å². The number of likely N-dealkylation sites (tertiary alicyclic amines) is 1. The highest BCUT2D eigenvalue weighted by atomic mass is 35.5. The van der Waals surface area contributed by atoms with Gasteiger partial charge < -0.3 is 0 Å². The molecule has 1 fully saturated rings. The molecule has 4 heteroatoms. The molecule has 0 radical (unpaired) electrons. The Labute approximate surface area is 113 Å². The van der Waals surface area contributed by atoms with Crippen molar-refractivity contribution in [1.82, 2.24) is 4.90 Å². The smallest absolute Gasteiger partial charge is 0.161 e. The summed E-state index contributed by atoms with van der Waals surface area (Å²) in [5, 5.41) is 0.757. The molecular weight excluding hydrogens is 251 g/mol. The Bertz CT molecular complexity index is 404. The fourth-order valence-corrected chi connectivity index (χ4v) is 2.80. The van der Waals surface area contributed by atoms with E-state index in [2.05, 4.69) is 17.9 Å². The Morgan fingerprint density at radius 1 is 1.33 bits per heavy atom. The Morgan fingerprint density at radius 3 is 2.50 bits per heavy atom. The number of halogens is 2. The molecule has 0 saturated carbocycles. The molecule has 0 spiro atoms. The molecular formula is C14H20ClFN2. The normalized spacial score (nSPS) is 21.8. The first kappa shape index (κ1) is 13.8. The molecule has 2 rings (SSSR count). The summed E-state index contributed by atoms with van der Waals surface area (Å²) in [5.74, 6) is -1.49. The number of piperidine rings is 1. The zero-order valence-electron chi connectivity index (χ0n) is 10.9. The van der Waals surface area contributed by atoms with Crippen molar-refractivity contribution in [2.75, 3.05) is 13.1 Å². The molecule has 1 aromatic rings. The van der Waals surface area contributed by atoms with Crippen LogP contribution in [0.5, 0.6) is 0 Å². The van der Waals surface area contributed by atoms with Crippen LogP contribution in [0.3, 0.4) is 0 Å². The van der Waals surface area contributed by atoms with Gasteiger partial charge in [0.2, 0.25) is 0 Å². The molecule has 100 valence electrons. The molecule has 0 aliphatic carbocycles. The lowest BCUT2D eigenvalue weighted by Crippen LogP contribution is -2.47. The van der Waals surface area contributed by atoms with Gasteiger partial charge in [0.15, 0.2) is 5.79 Å². The lowest BCUT2D eigenvalue weighted by molar-refractivity contribution is 0.0461. The highest BCUT2D eigenvalue weighted by Crippen LogP contribution is 2.29. The summed E-state index contributed by atoms with van der Waals surface area (Å²) in [6.45, 7) is 5.55. The van der Waals surface area contributed by atoms with Crippen LogP contribution >= 0.6 is 11.6 Å². The minimum atomic E-state index is -1.49. The first-order valence-electron chi connectivity index (χ1n) is 6.36. The van der Waals surface area contributed by atoms with Crippen molar-refractivity contribution in [3.05, 3.63) is 34.3 Å². The molecule has 0 bridgehead atoms. The number of hydrogen-bond acceptors (Lipinski definition) is 2. The Morgan fingerprint density at radius 2 is 1.94 bits per heavy atom. The van der Waals surface area contributed by atoms with Gasteiger partial charge in [-0.3, -0.25) is 10.6 Å². The standard InChI is InChI=1S/C14H20ClFN2/c1-10-7-12(9-13(15)8-10)11(2)18-5-3-14(16,17)4-6-18/h7-9,11H,3-6,17H2,1-2H3. The van der Waals surface area contributed by atoms with Crippen molar-refractivity contribution >= 4 is 11.6 Å². The largest absolute Gasteiger partial charge is 0.299 e. The topological polar surface area (TPSA) is 29.3 Å². The maximum absolute atomic E-state index is 13.6. The van der Waals surface area contributed by atoms with Crippen molar-refractivity contribution < 1.29 is 4.39 Å². The maximum atomic E-state index is 13.6. The fourth-order valence-electron chi connectivity index (χ4n) is 2.50. The summed E-state index contributed by atoms with van der Waals surface area (Å²) in [6.07, 6.45) is 0.799. The van der Waals surface area contributed by atoms with Gasteiger partial charge in [-0.2, -0.15) is 0 Å². The van der Waals surface area contributed by atoms with E-state index in [-0.39, 0.29) is 6.04 Å². The van der Waals surface area contributed by atoms with Gasteiger partial charge in [-0.1, -0.05) is 17.7 Å². The van der Waals surface area contributed by atoms with Crippen LogP contribution < -0.4 is 5.73 Å². The van der Waals surface area contributed by atoms with E-state index in [9.17, 15) is 4.39 Å². The van der Waals surface area contributed by atoms with Crippen molar-refractivity contribution in [2.45, 2.75) is 38.5 Å². The maximum Gasteiger partial charge on any atom is 0.161 e. The van der Waals surface area contributed by atoms with E-state index in [1.165, 1.54) is 5.56 Å². The van der Waals surface area contributed by atoms with Crippen LogP contribution in [-0.4, -0.2) is 23.8 Å². The summed E-state index contributed by atoms with van der Waals surface area (Å²) >= 11 is 6.08. The third kappa shape index (κ3) is 3.22. The van der Waals surface area contributed by atoms with E-state index in [1.807, 2.05) is 19.1 Å². The number of benzene rings is 1. The summed E-state index contributed by atoms with van der Waals surface area (Å²) in [5.41, 5.74) is 7.85. The second-order valence-corrected chi connectivity index (χ2v) is 5.74. The van der Waals surface area contributed by atoms with Crippen molar-refractivity contribution in [3.63, 3.8) is 0 Å². The first-order chi connectivity index (χ1) is 8.37. The van der Waals surface area contributed by atoms with E-state index in [0.29, 0.717) is 25.9 Å². The lowest BCUT2D eigenvalue weighted by atomic mass is 9.98. The van der Waals surface area contributed by atoms with E-state index in [4.69, 9.17) is 17.3 Å². The molecule has 0 aromatic heterocycles. The Kier molecular flexibility index (Phi) is 3.95. The van der Waals surface area contributed by atoms with Crippen LogP contribution in [0.4, 0.5) is 4.39 Å². The molecule has 1 saturated heterocycles. The zero-order chi connectivity index (χ0) is 13.3. The number of nitrogens with two attached hydrogens (primary N) is 1. The SMILES string of the molecule is Cc1cc(Cl)cc(C(C)N2CCC(N)(F)CC2)c1. The van der Waals surface area contributed by atoms with Gasteiger partial charge >= 0.3 is 0 Å². The van der Waals surface area contributed by atoms with Crippen LogP contribution in [0.1, 0.15) is 36.9 Å². The molecule has 2 nitrogen and oxygen atoms in total. The molecule has 18 heavy (non-hydrogen) atoms. The van der Waals surface area contributed by atoms with Crippen molar-refractivity contribution in [2.24, 2.45) is 5.73 Å². The second-order valence-electron chi connectivity index (χ2n) is 5.31. The van der Waals surface area contributed by atoms with E-state index in [0.717, 1.165) is 10.6 Å². The summed E-state index contributed by atoms with van der Waals surface area (Å²) < 4.78 is 13.6. The zero-order valence-corrected chi connectivity index (χ0v) is 11.7. The minimum absolute atomic E-state index is 0.249. The molecule has 1 aromatic carbocycles. The Hall–Kier alpha value is -0.640. The third-order valence-corrected chi connectivity index (χ3v) is 3.94. The number of rotatable bonds is 2. The van der Waals surface area contributed by atoms with Gasteiger partial charge in [-0.05, 0) is 37.1 Å². The predicted molar refractivity (Wildman–Crippen MR) is 73.4 cm³/mol. The molecule has 1 unspecified atom stereocenters. The van der Waals surface area contributed by atoms with Gasteiger partial charge in [0.25, 0.3) is 0 Å². The summed E-state index contributed by atoms with van der Waals surface area (Å²) in [6, 6.07) is 6.31. The number of hydrogen-bond donors (Lipinski definition) is 1. The van der Waals surface area contributed by atoms with Crippen molar-refractivity contribution in [3.8, 4) is 0 Å². The van der Waals surface area contributed by atoms with Crippen LogP contribution in [0.25, 0.3) is 0 Å². The quantitative estimate of drug-likeness (QED) is 0.835.